The van der Waals surface area contributed by atoms with Crippen LogP contribution in [0.4, 0.5) is 0 Å². The average molecular weight is 354 g/mol. The van der Waals surface area contributed by atoms with Crippen LogP contribution in [0.25, 0.3) is 4.96 Å². The molecule has 1 aliphatic heterocycles. The van der Waals surface area contributed by atoms with Crippen LogP contribution in [0.2, 0.25) is 0 Å². The minimum Gasteiger partial charge on any atom is -0.336 e. The molecule has 0 N–H and O–H groups in total. The number of thiazole rings is 1. The molecule has 3 heterocycles. The molecule has 25 heavy (non-hydrogen) atoms. The third-order valence-electron chi connectivity index (χ3n) is 4.42. The Morgan fingerprint density at radius 1 is 1.12 bits per heavy atom. The largest absolute Gasteiger partial charge is 0.336 e. The van der Waals surface area contributed by atoms with Crippen LogP contribution >= 0.6 is 11.3 Å². The lowest BCUT2D eigenvalue weighted by molar-refractivity contribution is 0.0627. The molecule has 6 nitrogen and oxygen atoms in total. The Kier molecular flexibility index (Phi) is 4.33. The average Bonchev–Trinajstić information content (AvgIpc) is 3.12. The number of hydrogen-bond donors (Lipinski definition) is 0. The lowest BCUT2D eigenvalue weighted by Crippen LogP contribution is -2.48. The number of aromatic nitrogens is 2. The summed E-state index contributed by atoms with van der Waals surface area (Å²) in [7, 11) is 0. The van der Waals surface area contributed by atoms with E-state index in [1.165, 1.54) is 11.3 Å². The fourth-order valence-electron chi connectivity index (χ4n) is 3.07. The van der Waals surface area contributed by atoms with Crippen molar-refractivity contribution in [2.24, 2.45) is 0 Å². The van der Waals surface area contributed by atoms with Crippen LogP contribution in [-0.2, 0) is 6.54 Å². The quantitative estimate of drug-likeness (QED) is 0.719. The molecule has 0 spiro atoms. The molecule has 0 atom stereocenters. The van der Waals surface area contributed by atoms with E-state index in [1.54, 1.807) is 16.7 Å². The van der Waals surface area contributed by atoms with Crippen molar-refractivity contribution in [2.45, 2.75) is 6.54 Å². The highest BCUT2D eigenvalue weighted by Crippen LogP contribution is 2.12. The van der Waals surface area contributed by atoms with Crippen LogP contribution in [-0.4, -0.2) is 51.3 Å². The van der Waals surface area contributed by atoms with Gasteiger partial charge < -0.3 is 4.90 Å². The summed E-state index contributed by atoms with van der Waals surface area (Å²) in [6.45, 7) is 3.58. The Balaban J connectivity index is 1.40. The van der Waals surface area contributed by atoms with Crippen LogP contribution in [0.3, 0.4) is 0 Å². The number of nitrogens with zero attached hydrogens (tertiary/aromatic N) is 4. The number of benzene rings is 1. The molecule has 1 aromatic carbocycles. The molecular formula is C18H18N4O2S. The molecule has 0 saturated carbocycles. The van der Waals surface area contributed by atoms with E-state index < -0.39 is 0 Å². The molecule has 0 radical (unpaired) electrons. The summed E-state index contributed by atoms with van der Waals surface area (Å²) in [5.74, 6) is 0.0802. The van der Waals surface area contributed by atoms with Gasteiger partial charge in [-0.3, -0.25) is 18.9 Å². The molecule has 3 aromatic rings. The van der Waals surface area contributed by atoms with Gasteiger partial charge in [0.25, 0.3) is 11.5 Å². The van der Waals surface area contributed by atoms with Crippen molar-refractivity contribution in [3.8, 4) is 0 Å². The van der Waals surface area contributed by atoms with Gasteiger partial charge in [-0.1, -0.05) is 18.2 Å². The van der Waals surface area contributed by atoms with Gasteiger partial charge in [0.1, 0.15) is 0 Å². The lowest BCUT2D eigenvalue weighted by atomic mass is 10.2. The van der Waals surface area contributed by atoms with Gasteiger partial charge in [0, 0.05) is 55.9 Å². The van der Waals surface area contributed by atoms with Gasteiger partial charge in [-0.15, -0.1) is 11.3 Å². The Labute approximate surface area is 149 Å². The molecular weight excluding hydrogens is 336 g/mol. The summed E-state index contributed by atoms with van der Waals surface area (Å²) >= 11 is 1.46. The molecule has 128 valence electrons. The molecule has 4 rings (SSSR count). The Morgan fingerprint density at radius 3 is 2.64 bits per heavy atom. The van der Waals surface area contributed by atoms with E-state index in [-0.39, 0.29) is 11.5 Å². The molecule has 2 aromatic heterocycles. The maximum atomic E-state index is 12.5. The van der Waals surface area contributed by atoms with Crippen molar-refractivity contribution < 1.29 is 4.79 Å². The molecule has 1 aliphatic rings. The number of hydrogen-bond acceptors (Lipinski definition) is 5. The van der Waals surface area contributed by atoms with E-state index in [4.69, 9.17) is 0 Å². The van der Waals surface area contributed by atoms with Crippen LogP contribution in [0.1, 0.15) is 16.1 Å². The van der Waals surface area contributed by atoms with Crippen molar-refractivity contribution in [3.05, 3.63) is 69.6 Å². The first-order chi connectivity index (χ1) is 12.2. The fraction of sp³-hybridized carbons (Fsp3) is 0.278. The lowest BCUT2D eigenvalue weighted by Gasteiger charge is -2.34. The predicted molar refractivity (Wildman–Crippen MR) is 97.0 cm³/mol. The number of amides is 1. The molecule has 0 aliphatic carbocycles. The standard InChI is InChI=1S/C18H18N4O2S/c23-16-12-15(19-18-22(16)10-11-25-18)13-20-6-8-21(9-7-20)17(24)14-4-2-1-3-5-14/h1-5,10-12H,6-9,13H2. The van der Waals surface area contributed by atoms with Crippen molar-refractivity contribution in [3.63, 3.8) is 0 Å². The van der Waals surface area contributed by atoms with Gasteiger partial charge in [-0.25, -0.2) is 4.98 Å². The molecule has 1 fully saturated rings. The molecule has 7 heteroatoms. The summed E-state index contributed by atoms with van der Waals surface area (Å²) < 4.78 is 1.56. The second kappa shape index (κ2) is 6.78. The van der Waals surface area contributed by atoms with E-state index in [9.17, 15) is 9.59 Å². The van der Waals surface area contributed by atoms with Gasteiger partial charge in [0.05, 0.1) is 5.69 Å². The zero-order valence-corrected chi connectivity index (χ0v) is 14.5. The summed E-state index contributed by atoms with van der Waals surface area (Å²) in [6, 6.07) is 11.0. The van der Waals surface area contributed by atoms with Gasteiger partial charge in [0.15, 0.2) is 4.96 Å². The second-order valence-electron chi connectivity index (χ2n) is 6.08. The number of carbonyl (C=O) groups is 1. The minimum absolute atomic E-state index is 0.0425. The maximum absolute atomic E-state index is 12.5. The van der Waals surface area contributed by atoms with Crippen LogP contribution in [0.15, 0.2) is 52.8 Å². The first kappa shape index (κ1) is 16.0. The van der Waals surface area contributed by atoms with Gasteiger partial charge in [-0.05, 0) is 12.1 Å². The fourth-order valence-corrected chi connectivity index (χ4v) is 3.81. The van der Waals surface area contributed by atoms with E-state index in [2.05, 4.69) is 9.88 Å². The maximum Gasteiger partial charge on any atom is 0.258 e. The highest BCUT2D eigenvalue weighted by atomic mass is 32.1. The Bertz CT molecular complexity index is 942. The number of fused-ring (bicyclic) bond motifs is 1. The summed E-state index contributed by atoms with van der Waals surface area (Å²) in [4.78, 5) is 33.9. The van der Waals surface area contributed by atoms with Crippen LogP contribution in [0, 0.1) is 0 Å². The highest BCUT2D eigenvalue weighted by Gasteiger charge is 2.22. The molecule has 0 bridgehead atoms. The zero-order valence-electron chi connectivity index (χ0n) is 13.7. The van der Waals surface area contributed by atoms with Crippen molar-refractivity contribution in [1.29, 1.82) is 0 Å². The van der Waals surface area contributed by atoms with Gasteiger partial charge in [-0.2, -0.15) is 0 Å². The number of piperazine rings is 1. The highest BCUT2D eigenvalue weighted by molar-refractivity contribution is 7.15. The first-order valence-electron chi connectivity index (χ1n) is 8.23. The minimum atomic E-state index is -0.0425. The van der Waals surface area contributed by atoms with Crippen molar-refractivity contribution in [1.82, 2.24) is 19.2 Å². The predicted octanol–water partition coefficient (Wildman–Crippen LogP) is 1.71. The normalized spacial score (nSPS) is 15.6. The third kappa shape index (κ3) is 3.33. The van der Waals surface area contributed by atoms with Crippen molar-refractivity contribution in [2.75, 3.05) is 26.2 Å². The van der Waals surface area contributed by atoms with Crippen LogP contribution in [0.5, 0.6) is 0 Å². The SMILES string of the molecule is O=C(c1ccccc1)N1CCN(Cc2cc(=O)n3ccsc3n2)CC1. The van der Waals surface area contributed by atoms with E-state index >= 15 is 0 Å². The second-order valence-corrected chi connectivity index (χ2v) is 6.95. The third-order valence-corrected chi connectivity index (χ3v) is 5.18. The topological polar surface area (TPSA) is 57.9 Å². The molecule has 0 unspecified atom stereocenters. The van der Waals surface area contributed by atoms with Crippen molar-refractivity contribution >= 4 is 22.2 Å². The smallest absolute Gasteiger partial charge is 0.258 e. The first-order valence-corrected chi connectivity index (χ1v) is 9.11. The van der Waals surface area contributed by atoms with Crippen LogP contribution < -0.4 is 5.56 Å². The number of carbonyl (C=O) groups excluding carboxylic acids is 1. The monoisotopic (exact) mass is 354 g/mol. The van der Waals surface area contributed by atoms with E-state index in [1.807, 2.05) is 40.6 Å². The molecule has 1 saturated heterocycles. The van der Waals surface area contributed by atoms with Gasteiger partial charge >= 0.3 is 0 Å². The van der Waals surface area contributed by atoms with Gasteiger partial charge in [0.2, 0.25) is 0 Å². The Morgan fingerprint density at radius 2 is 1.88 bits per heavy atom. The summed E-state index contributed by atoms with van der Waals surface area (Å²) in [5.41, 5.74) is 1.48. The number of rotatable bonds is 3. The summed E-state index contributed by atoms with van der Waals surface area (Å²) in [6.07, 6.45) is 1.74. The Hall–Kier alpha value is -2.51. The zero-order chi connectivity index (χ0) is 17.2. The molecule has 1 amide bonds. The summed E-state index contributed by atoms with van der Waals surface area (Å²) in [5, 5.41) is 1.86. The van der Waals surface area contributed by atoms with E-state index in [0.717, 1.165) is 29.3 Å². The van der Waals surface area contributed by atoms with E-state index in [0.29, 0.717) is 19.6 Å².